The first-order valence-electron chi connectivity index (χ1n) is 11.2. The van der Waals surface area contributed by atoms with E-state index in [-0.39, 0.29) is 29.2 Å². The number of hydrogen-bond donors (Lipinski definition) is 3. The van der Waals surface area contributed by atoms with Crippen LogP contribution in [0.15, 0.2) is 77.4 Å². The summed E-state index contributed by atoms with van der Waals surface area (Å²) in [7, 11) is 0. The number of nitrogens with one attached hydrogen (secondary N) is 3. The fraction of sp³-hybridized carbons (Fsp3) is 0.308. The average Bonchev–Trinajstić information content (AvgIpc) is 3.40. The molecule has 0 aliphatic carbocycles. The molecule has 3 N–H and O–H groups in total. The van der Waals surface area contributed by atoms with Crippen LogP contribution in [0.25, 0.3) is 0 Å². The van der Waals surface area contributed by atoms with Crippen LogP contribution in [0.4, 0.5) is 5.69 Å². The minimum Gasteiger partial charge on any atom is -0.459 e. The molecule has 0 spiro atoms. The van der Waals surface area contributed by atoms with Gasteiger partial charge in [-0.3, -0.25) is 9.59 Å². The van der Waals surface area contributed by atoms with Crippen LogP contribution in [0.5, 0.6) is 0 Å². The highest BCUT2D eigenvalue weighted by atomic mass is 16.5. The molecular weight excluding hydrogens is 418 g/mol. The molecule has 2 heterocycles. The number of ether oxygens (including phenoxy) is 1. The van der Waals surface area contributed by atoms with Gasteiger partial charge in [0.05, 0.1) is 6.26 Å². The van der Waals surface area contributed by atoms with Crippen LogP contribution in [-0.4, -0.2) is 37.1 Å². The van der Waals surface area contributed by atoms with E-state index in [0.29, 0.717) is 31.0 Å². The summed E-state index contributed by atoms with van der Waals surface area (Å²) in [5.41, 5.74) is 2.10. The largest absolute Gasteiger partial charge is 0.459 e. The van der Waals surface area contributed by atoms with Crippen LogP contribution >= 0.6 is 0 Å². The molecule has 0 bridgehead atoms. The van der Waals surface area contributed by atoms with Gasteiger partial charge in [0.25, 0.3) is 11.8 Å². The fourth-order valence-corrected chi connectivity index (χ4v) is 4.08. The normalized spacial score (nSPS) is 16.0. The molecular formula is C26H29N3O4. The van der Waals surface area contributed by atoms with Gasteiger partial charge in [0.1, 0.15) is 0 Å². The second-order valence-corrected chi connectivity index (χ2v) is 8.36. The third-order valence-corrected chi connectivity index (χ3v) is 6.01. The Kier molecular flexibility index (Phi) is 7.22. The van der Waals surface area contributed by atoms with Crippen molar-refractivity contribution < 1.29 is 18.7 Å². The Bertz CT molecular complexity index is 1040. The lowest BCUT2D eigenvalue weighted by Gasteiger charge is -2.40. The molecule has 0 saturated carbocycles. The van der Waals surface area contributed by atoms with Gasteiger partial charge in [0.15, 0.2) is 5.76 Å². The fourth-order valence-electron chi connectivity index (χ4n) is 4.08. The van der Waals surface area contributed by atoms with Crippen molar-refractivity contribution in [1.29, 1.82) is 0 Å². The summed E-state index contributed by atoms with van der Waals surface area (Å²) in [5, 5.41) is 9.59. The van der Waals surface area contributed by atoms with Gasteiger partial charge < -0.3 is 25.1 Å². The topological polar surface area (TPSA) is 92.6 Å². The van der Waals surface area contributed by atoms with Crippen LogP contribution in [0, 0.1) is 0 Å². The number of carbonyl (C=O) groups is 2. The predicted octanol–water partition coefficient (Wildman–Crippen LogP) is 4.16. The van der Waals surface area contributed by atoms with E-state index in [1.165, 1.54) is 11.8 Å². The van der Waals surface area contributed by atoms with Gasteiger partial charge in [-0.1, -0.05) is 30.3 Å². The van der Waals surface area contributed by atoms with Gasteiger partial charge >= 0.3 is 0 Å². The SMILES string of the molecule is CC(NC1(CNC(=O)c2ccc(NC(=O)c3ccco3)cc2)CCOCC1)c1ccccc1. The van der Waals surface area contributed by atoms with Gasteiger partial charge in [-0.25, -0.2) is 0 Å². The minimum absolute atomic E-state index is 0.151. The van der Waals surface area contributed by atoms with E-state index in [2.05, 4.69) is 35.0 Å². The minimum atomic E-state index is -0.336. The Morgan fingerprint density at radius 1 is 0.939 bits per heavy atom. The maximum absolute atomic E-state index is 12.8. The molecule has 3 aromatic rings. The zero-order valence-electron chi connectivity index (χ0n) is 18.7. The molecule has 1 atom stereocenters. The van der Waals surface area contributed by atoms with E-state index in [9.17, 15) is 9.59 Å². The Morgan fingerprint density at radius 2 is 1.67 bits per heavy atom. The van der Waals surface area contributed by atoms with E-state index in [4.69, 9.17) is 9.15 Å². The molecule has 2 amide bonds. The average molecular weight is 448 g/mol. The molecule has 33 heavy (non-hydrogen) atoms. The van der Waals surface area contributed by atoms with Crippen molar-refractivity contribution in [3.8, 4) is 0 Å². The highest BCUT2D eigenvalue weighted by Crippen LogP contribution is 2.25. The van der Waals surface area contributed by atoms with Crippen LogP contribution < -0.4 is 16.0 Å². The number of furan rings is 1. The lowest BCUT2D eigenvalue weighted by molar-refractivity contribution is 0.0332. The number of rotatable bonds is 8. The summed E-state index contributed by atoms with van der Waals surface area (Å²) < 4.78 is 10.7. The summed E-state index contributed by atoms with van der Waals surface area (Å²) >= 11 is 0. The number of amides is 2. The Morgan fingerprint density at radius 3 is 2.33 bits per heavy atom. The van der Waals surface area contributed by atoms with Crippen LogP contribution in [0.1, 0.15) is 52.3 Å². The molecule has 1 saturated heterocycles. The smallest absolute Gasteiger partial charge is 0.291 e. The molecule has 1 aliphatic rings. The highest BCUT2D eigenvalue weighted by Gasteiger charge is 2.34. The molecule has 1 unspecified atom stereocenters. The lowest BCUT2D eigenvalue weighted by atomic mass is 9.88. The molecule has 4 rings (SSSR count). The predicted molar refractivity (Wildman–Crippen MR) is 126 cm³/mol. The standard InChI is InChI=1S/C26H29N3O4/c1-19(20-6-3-2-4-7-20)29-26(13-16-32-17-14-26)18-27-24(30)21-9-11-22(12-10-21)28-25(31)23-8-5-15-33-23/h2-12,15,19,29H,13-14,16-18H2,1H3,(H,27,30)(H,28,31). The second-order valence-electron chi connectivity index (χ2n) is 8.36. The lowest BCUT2D eigenvalue weighted by Crippen LogP contribution is -2.57. The first-order chi connectivity index (χ1) is 16.0. The zero-order valence-corrected chi connectivity index (χ0v) is 18.7. The van der Waals surface area contributed by atoms with E-state index in [0.717, 1.165) is 12.8 Å². The summed E-state index contributed by atoms with van der Waals surface area (Å²) in [6.45, 7) is 3.97. The van der Waals surface area contributed by atoms with E-state index < -0.39 is 0 Å². The zero-order chi connectivity index (χ0) is 23.1. The summed E-state index contributed by atoms with van der Waals surface area (Å²) in [4.78, 5) is 24.9. The first-order valence-corrected chi connectivity index (χ1v) is 11.2. The molecule has 0 radical (unpaired) electrons. The summed E-state index contributed by atoms with van der Waals surface area (Å²) in [6, 6.07) is 20.5. The monoisotopic (exact) mass is 447 g/mol. The third kappa shape index (κ3) is 5.88. The summed E-state index contributed by atoms with van der Waals surface area (Å²) in [5.74, 6) is -0.257. The first kappa shape index (κ1) is 22.8. The van der Waals surface area contributed by atoms with Crippen LogP contribution in [0.3, 0.4) is 0 Å². The maximum atomic E-state index is 12.8. The number of anilines is 1. The highest BCUT2D eigenvalue weighted by molar-refractivity contribution is 6.02. The summed E-state index contributed by atoms with van der Waals surface area (Å²) in [6.07, 6.45) is 3.09. The van der Waals surface area contributed by atoms with Crippen molar-refractivity contribution in [3.63, 3.8) is 0 Å². The number of hydrogen-bond acceptors (Lipinski definition) is 5. The quantitative estimate of drug-likeness (QED) is 0.482. The maximum Gasteiger partial charge on any atom is 0.291 e. The molecule has 1 aliphatic heterocycles. The van der Waals surface area contributed by atoms with Gasteiger partial charge in [-0.05, 0) is 61.7 Å². The molecule has 172 valence electrons. The van der Waals surface area contributed by atoms with Crippen LogP contribution in [0.2, 0.25) is 0 Å². The van der Waals surface area contributed by atoms with Gasteiger partial charge in [-0.15, -0.1) is 0 Å². The second kappa shape index (κ2) is 10.5. The van der Waals surface area contributed by atoms with Gasteiger partial charge in [0.2, 0.25) is 0 Å². The van der Waals surface area contributed by atoms with Crippen molar-refractivity contribution in [1.82, 2.24) is 10.6 Å². The van der Waals surface area contributed by atoms with Gasteiger partial charge in [0, 0.05) is 42.6 Å². The van der Waals surface area contributed by atoms with E-state index >= 15 is 0 Å². The van der Waals surface area contributed by atoms with Crippen molar-refractivity contribution in [2.75, 3.05) is 25.1 Å². The molecule has 7 heteroatoms. The van der Waals surface area contributed by atoms with E-state index in [1.807, 2.05) is 18.2 Å². The number of carbonyl (C=O) groups excluding carboxylic acids is 2. The Hall–Kier alpha value is -3.42. The van der Waals surface area contributed by atoms with Crippen molar-refractivity contribution >= 4 is 17.5 Å². The molecule has 2 aromatic carbocycles. The van der Waals surface area contributed by atoms with E-state index in [1.54, 1.807) is 36.4 Å². The molecule has 7 nitrogen and oxygen atoms in total. The van der Waals surface area contributed by atoms with Gasteiger partial charge in [-0.2, -0.15) is 0 Å². The molecule has 1 aromatic heterocycles. The van der Waals surface area contributed by atoms with Crippen LogP contribution in [-0.2, 0) is 4.74 Å². The Balaban J connectivity index is 1.36. The molecule has 1 fully saturated rings. The Labute approximate surface area is 193 Å². The van der Waals surface area contributed by atoms with Crippen molar-refractivity contribution in [2.45, 2.75) is 31.3 Å². The number of benzene rings is 2. The third-order valence-electron chi connectivity index (χ3n) is 6.01. The van der Waals surface area contributed by atoms with Crippen molar-refractivity contribution in [2.24, 2.45) is 0 Å². The van der Waals surface area contributed by atoms with Crippen molar-refractivity contribution in [3.05, 3.63) is 89.9 Å².